The molecular weight excluding hydrogens is 432 g/mol. The summed E-state index contributed by atoms with van der Waals surface area (Å²) in [5.74, 6) is 0.530. The molecule has 0 spiro atoms. The van der Waals surface area contributed by atoms with Crippen molar-refractivity contribution >= 4 is 17.6 Å². The van der Waals surface area contributed by atoms with Crippen molar-refractivity contribution < 1.29 is 23.8 Å². The zero-order chi connectivity index (χ0) is 24.1. The zero-order valence-corrected chi connectivity index (χ0v) is 19.3. The predicted octanol–water partition coefficient (Wildman–Crippen LogP) is 4.51. The summed E-state index contributed by atoms with van der Waals surface area (Å²) >= 11 is 0. The molecule has 174 valence electrons. The maximum Gasteiger partial charge on any atom is 0.303 e. The maximum absolute atomic E-state index is 12.6. The molecule has 3 aromatic rings. The molecule has 0 aliphatic carbocycles. The molecule has 0 fully saturated rings. The number of carbonyl (C=O) groups excluding carboxylic acids is 2. The molecule has 0 radical (unpaired) electrons. The van der Waals surface area contributed by atoms with E-state index in [1.54, 1.807) is 19.2 Å². The van der Waals surface area contributed by atoms with Gasteiger partial charge in [0, 0.05) is 19.4 Å². The summed E-state index contributed by atoms with van der Waals surface area (Å²) < 4.78 is 17.1. The van der Waals surface area contributed by atoms with Gasteiger partial charge >= 0.3 is 5.97 Å². The number of hydrogen-bond donors (Lipinski definition) is 0. The molecule has 34 heavy (non-hydrogen) atoms. The molecule has 1 amide bonds. The molecule has 0 saturated heterocycles. The van der Waals surface area contributed by atoms with Gasteiger partial charge in [-0.1, -0.05) is 54.6 Å². The van der Waals surface area contributed by atoms with Crippen molar-refractivity contribution in [2.24, 2.45) is 5.10 Å². The Morgan fingerprint density at radius 2 is 1.59 bits per heavy atom. The first-order valence-electron chi connectivity index (χ1n) is 10.9. The van der Waals surface area contributed by atoms with Crippen molar-refractivity contribution in [2.75, 3.05) is 7.11 Å². The smallest absolute Gasteiger partial charge is 0.303 e. The Hall–Kier alpha value is -4.13. The molecule has 1 heterocycles. The standard InChI is InChI=1S/C27H26N2O5/c1-18(30)29-26(21-13-15-22(32-3)16-14-21)27(34-19(2)31)25(28-29)23-11-7-8-12-24(23)33-17-20-9-5-4-6-10-20/h4-16,26-27H,17H2,1-3H3/t26-,27+/m1/s1. The largest absolute Gasteiger partial charge is 0.497 e. The molecule has 1 aliphatic rings. The van der Waals surface area contributed by atoms with Crippen LogP contribution >= 0.6 is 0 Å². The molecule has 0 saturated carbocycles. The Labute approximate surface area is 198 Å². The van der Waals surface area contributed by atoms with E-state index in [0.29, 0.717) is 29.4 Å². The van der Waals surface area contributed by atoms with Gasteiger partial charge in [-0.3, -0.25) is 9.59 Å². The number of benzene rings is 3. The Kier molecular flexibility index (Phi) is 6.92. The molecular formula is C27H26N2O5. The molecule has 0 bridgehead atoms. The fourth-order valence-corrected chi connectivity index (χ4v) is 3.94. The third-order valence-corrected chi connectivity index (χ3v) is 5.51. The summed E-state index contributed by atoms with van der Waals surface area (Å²) in [6.45, 7) is 3.14. The lowest BCUT2D eigenvalue weighted by Gasteiger charge is -2.26. The first-order valence-corrected chi connectivity index (χ1v) is 10.9. The molecule has 1 aliphatic heterocycles. The van der Waals surface area contributed by atoms with Crippen molar-refractivity contribution in [3.63, 3.8) is 0 Å². The van der Waals surface area contributed by atoms with Crippen LogP contribution in [0.4, 0.5) is 0 Å². The Bertz CT molecular complexity index is 1190. The Morgan fingerprint density at radius 1 is 0.912 bits per heavy atom. The van der Waals surface area contributed by atoms with Gasteiger partial charge in [-0.25, -0.2) is 5.01 Å². The van der Waals surface area contributed by atoms with Gasteiger partial charge in [-0.05, 0) is 35.4 Å². The number of ether oxygens (including phenoxy) is 3. The van der Waals surface area contributed by atoms with E-state index in [2.05, 4.69) is 5.10 Å². The van der Waals surface area contributed by atoms with Gasteiger partial charge in [0.05, 0.1) is 7.11 Å². The fraction of sp³-hybridized carbons (Fsp3) is 0.222. The van der Waals surface area contributed by atoms with Gasteiger partial charge in [0.25, 0.3) is 0 Å². The van der Waals surface area contributed by atoms with Gasteiger partial charge in [0.2, 0.25) is 5.91 Å². The van der Waals surface area contributed by atoms with Crippen LogP contribution in [0.2, 0.25) is 0 Å². The average Bonchev–Trinajstić information content (AvgIpc) is 3.22. The summed E-state index contributed by atoms with van der Waals surface area (Å²) in [5.41, 5.74) is 2.90. The molecule has 2 atom stereocenters. The van der Waals surface area contributed by atoms with E-state index in [1.807, 2.05) is 66.7 Å². The number of esters is 1. The number of carbonyl (C=O) groups is 2. The SMILES string of the molecule is COc1ccc([C@@H]2[C@@H](OC(C)=O)C(c3ccccc3OCc3ccccc3)=NN2C(C)=O)cc1. The monoisotopic (exact) mass is 458 g/mol. The number of hydrogen-bond acceptors (Lipinski definition) is 6. The van der Waals surface area contributed by atoms with Crippen LogP contribution in [-0.4, -0.2) is 35.8 Å². The Balaban J connectivity index is 1.73. The number of hydrazone groups is 1. The maximum atomic E-state index is 12.6. The van der Waals surface area contributed by atoms with E-state index in [-0.39, 0.29) is 5.91 Å². The van der Waals surface area contributed by atoms with Crippen LogP contribution in [0.15, 0.2) is 84.0 Å². The highest BCUT2D eigenvalue weighted by Crippen LogP contribution is 2.38. The van der Waals surface area contributed by atoms with Crippen LogP contribution in [0.1, 0.15) is 36.6 Å². The molecule has 7 heteroatoms. The highest BCUT2D eigenvalue weighted by atomic mass is 16.5. The van der Waals surface area contributed by atoms with Gasteiger partial charge < -0.3 is 14.2 Å². The molecule has 0 unspecified atom stereocenters. The van der Waals surface area contributed by atoms with E-state index in [4.69, 9.17) is 14.2 Å². The lowest BCUT2D eigenvalue weighted by Crippen LogP contribution is -2.35. The lowest BCUT2D eigenvalue weighted by atomic mass is 9.94. The second-order valence-electron chi connectivity index (χ2n) is 7.87. The van der Waals surface area contributed by atoms with Crippen molar-refractivity contribution in [3.05, 3.63) is 95.6 Å². The van der Waals surface area contributed by atoms with Crippen molar-refractivity contribution in [1.29, 1.82) is 0 Å². The summed E-state index contributed by atoms with van der Waals surface area (Å²) in [6.07, 6.45) is -0.809. The number of amides is 1. The first kappa shape index (κ1) is 23.0. The van der Waals surface area contributed by atoms with Gasteiger partial charge in [-0.2, -0.15) is 5.10 Å². The molecule has 4 rings (SSSR count). The highest BCUT2D eigenvalue weighted by molar-refractivity contribution is 6.09. The first-order chi connectivity index (χ1) is 16.5. The van der Waals surface area contributed by atoms with E-state index in [1.165, 1.54) is 18.9 Å². The van der Waals surface area contributed by atoms with Crippen LogP contribution in [0.25, 0.3) is 0 Å². The molecule has 7 nitrogen and oxygen atoms in total. The third-order valence-electron chi connectivity index (χ3n) is 5.51. The molecule has 0 N–H and O–H groups in total. The molecule has 0 aromatic heterocycles. The number of methoxy groups -OCH3 is 1. The number of rotatable bonds is 7. The van der Waals surface area contributed by atoms with E-state index in [0.717, 1.165) is 11.1 Å². The zero-order valence-electron chi connectivity index (χ0n) is 19.3. The fourth-order valence-electron chi connectivity index (χ4n) is 3.94. The van der Waals surface area contributed by atoms with Crippen molar-refractivity contribution in [2.45, 2.75) is 32.6 Å². The van der Waals surface area contributed by atoms with Crippen LogP contribution < -0.4 is 9.47 Å². The normalized spacial score (nSPS) is 17.1. The van der Waals surface area contributed by atoms with E-state index >= 15 is 0 Å². The lowest BCUT2D eigenvalue weighted by molar-refractivity contribution is -0.147. The van der Waals surface area contributed by atoms with E-state index in [9.17, 15) is 9.59 Å². The van der Waals surface area contributed by atoms with Gasteiger partial charge in [-0.15, -0.1) is 0 Å². The van der Waals surface area contributed by atoms with Crippen molar-refractivity contribution in [1.82, 2.24) is 5.01 Å². The second kappa shape index (κ2) is 10.2. The number of para-hydroxylation sites is 1. The predicted molar refractivity (Wildman–Crippen MR) is 128 cm³/mol. The van der Waals surface area contributed by atoms with E-state index < -0.39 is 18.1 Å². The van der Waals surface area contributed by atoms with Gasteiger partial charge in [0.1, 0.15) is 29.9 Å². The minimum absolute atomic E-state index is 0.268. The summed E-state index contributed by atoms with van der Waals surface area (Å²) in [6, 6.07) is 23.9. The summed E-state index contributed by atoms with van der Waals surface area (Å²) in [4.78, 5) is 24.7. The summed E-state index contributed by atoms with van der Waals surface area (Å²) in [5, 5.41) is 5.98. The van der Waals surface area contributed by atoms with Crippen LogP contribution in [0, 0.1) is 0 Å². The highest BCUT2D eigenvalue weighted by Gasteiger charge is 2.44. The second-order valence-corrected chi connectivity index (χ2v) is 7.87. The third kappa shape index (κ3) is 4.93. The minimum Gasteiger partial charge on any atom is -0.497 e. The number of nitrogens with zero attached hydrogens (tertiary/aromatic N) is 2. The summed E-state index contributed by atoms with van der Waals surface area (Å²) in [7, 11) is 1.59. The average molecular weight is 459 g/mol. The Morgan fingerprint density at radius 3 is 2.24 bits per heavy atom. The van der Waals surface area contributed by atoms with Crippen LogP contribution in [-0.2, 0) is 20.9 Å². The topological polar surface area (TPSA) is 77.4 Å². The quantitative estimate of drug-likeness (QED) is 0.487. The molecule has 3 aromatic carbocycles. The van der Waals surface area contributed by atoms with Crippen molar-refractivity contribution in [3.8, 4) is 11.5 Å². The van der Waals surface area contributed by atoms with Gasteiger partial charge in [0.15, 0.2) is 6.10 Å². The van der Waals surface area contributed by atoms with Crippen LogP contribution in [0.3, 0.4) is 0 Å². The minimum atomic E-state index is -0.809. The van der Waals surface area contributed by atoms with Crippen LogP contribution in [0.5, 0.6) is 11.5 Å².